The van der Waals surface area contributed by atoms with E-state index in [1.165, 1.54) is 35.3 Å². The van der Waals surface area contributed by atoms with Crippen molar-refractivity contribution >= 4 is 23.4 Å². The van der Waals surface area contributed by atoms with Gasteiger partial charge in [0.2, 0.25) is 0 Å². The van der Waals surface area contributed by atoms with Crippen LogP contribution in [0.15, 0.2) is 28.1 Å². The molecule has 0 N–H and O–H groups in total. The van der Waals surface area contributed by atoms with Crippen LogP contribution in [0.1, 0.15) is 48.7 Å². The van der Waals surface area contributed by atoms with Crippen LogP contribution in [0.2, 0.25) is 5.15 Å². The zero-order valence-corrected chi connectivity index (χ0v) is 14.2. The monoisotopic (exact) mass is 318 g/mol. The molecule has 1 heterocycles. The zero-order chi connectivity index (χ0) is 15.0. The Hall–Kier alpha value is -1.06. The van der Waals surface area contributed by atoms with E-state index in [2.05, 4.69) is 42.0 Å². The number of nitrogens with zero attached hydrogens (tertiary/aromatic N) is 2. The summed E-state index contributed by atoms with van der Waals surface area (Å²) in [6.07, 6.45) is 3.69. The summed E-state index contributed by atoms with van der Waals surface area (Å²) in [6.45, 7) is 6.16. The van der Waals surface area contributed by atoms with Crippen LogP contribution in [0.5, 0.6) is 0 Å². The van der Waals surface area contributed by atoms with Crippen molar-refractivity contribution in [3.8, 4) is 0 Å². The molecule has 0 saturated heterocycles. The van der Waals surface area contributed by atoms with Crippen LogP contribution in [-0.2, 0) is 12.8 Å². The van der Waals surface area contributed by atoms with E-state index >= 15 is 0 Å². The van der Waals surface area contributed by atoms with Crippen molar-refractivity contribution in [1.29, 1.82) is 0 Å². The van der Waals surface area contributed by atoms with Gasteiger partial charge in [0, 0.05) is 16.4 Å². The third kappa shape index (κ3) is 3.09. The Kier molecular flexibility index (Phi) is 4.23. The number of hydrogen-bond donors (Lipinski definition) is 0. The minimum Gasteiger partial charge on any atom is -0.226 e. The first-order valence-electron chi connectivity index (χ1n) is 7.38. The number of benzene rings is 1. The summed E-state index contributed by atoms with van der Waals surface area (Å²) in [4.78, 5) is 10.3. The molecule has 0 unspecified atom stereocenters. The van der Waals surface area contributed by atoms with Gasteiger partial charge in [-0.15, -0.1) is 0 Å². The molecule has 1 aliphatic carbocycles. The van der Waals surface area contributed by atoms with E-state index in [4.69, 9.17) is 11.6 Å². The third-order valence-corrected chi connectivity index (χ3v) is 5.31. The largest absolute Gasteiger partial charge is 0.226 e. The summed E-state index contributed by atoms with van der Waals surface area (Å²) < 4.78 is 0. The highest BCUT2D eigenvalue weighted by Crippen LogP contribution is 2.34. The van der Waals surface area contributed by atoms with Gasteiger partial charge < -0.3 is 0 Å². The van der Waals surface area contributed by atoms with Gasteiger partial charge in [0.1, 0.15) is 16.0 Å². The Morgan fingerprint density at radius 1 is 1.14 bits per heavy atom. The van der Waals surface area contributed by atoms with Gasteiger partial charge >= 0.3 is 0 Å². The van der Waals surface area contributed by atoms with E-state index < -0.39 is 0 Å². The van der Waals surface area contributed by atoms with Crippen LogP contribution >= 0.6 is 23.4 Å². The number of halogens is 1. The van der Waals surface area contributed by atoms with E-state index in [1.54, 1.807) is 11.8 Å². The number of hydrogen-bond acceptors (Lipinski definition) is 3. The van der Waals surface area contributed by atoms with E-state index in [1.807, 2.05) is 6.92 Å². The molecule has 0 aliphatic heterocycles. The molecule has 0 bridgehead atoms. The maximum atomic E-state index is 6.26. The molecular formula is C17H19ClN2S. The van der Waals surface area contributed by atoms with Gasteiger partial charge in [-0.2, -0.15) is 0 Å². The lowest BCUT2D eigenvalue weighted by Crippen LogP contribution is -2.01. The van der Waals surface area contributed by atoms with Crippen LogP contribution in [0.25, 0.3) is 0 Å². The average molecular weight is 319 g/mol. The Bertz CT molecular complexity index is 683. The normalized spacial score (nSPS) is 13.8. The van der Waals surface area contributed by atoms with Crippen molar-refractivity contribution in [2.24, 2.45) is 0 Å². The number of fused-ring (bicyclic) bond motifs is 1. The van der Waals surface area contributed by atoms with Gasteiger partial charge in [0.05, 0.1) is 0 Å². The predicted octanol–water partition coefficient (Wildman–Crippen LogP) is 5.20. The quantitative estimate of drug-likeness (QED) is 0.727. The van der Waals surface area contributed by atoms with Crippen molar-refractivity contribution in [2.75, 3.05) is 0 Å². The Morgan fingerprint density at radius 2 is 1.90 bits per heavy atom. The van der Waals surface area contributed by atoms with Crippen molar-refractivity contribution < 1.29 is 0 Å². The third-order valence-electron chi connectivity index (χ3n) is 3.86. The predicted molar refractivity (Wildman–Crippen MR) is 88.5 cm³/mol. The summed E-state index contributed by atoms with van der Waals surface area (Å²) in [7, 11) is 0. The highest BCUT2D eigenvalue weighted by molar-refractivity contribution is 7.99. The lowest BCUT2D eigenvalue weighted by Gasteiger charge is -2.11. The maximum Gasteiger partial charge on any atom is 0.136 e. The van der Waals surface area contributed by atoms with Crippen LogP contribution in [0.3, 0.4) is 0 Å². The van der Waals surface area contributed by atoms with E-state index in [-0.39, 0.29) is 5.92 Å². The summed E-state index contributed by atoms with van der Waals surface area (Å²) in [5, 5.41) is 1.54. The van der Waals surface area contributed by atoms with Crippen molar-refractivity contribution in [2.45, 2.75) is 55.9 Å². The Labute approximate surface area is 135 Å². The van der Waals surface area contributed by atoms with E-state index in [9.17, 15) is 0 Å². The van der Waals surface area contributed by atoms with Gasteiger partial charge in [-0.3, -0.25) is 0 Å². The van der Waals surface area contributed by atoms with E-state index in [0.717, 1.165) is 16.4 Å². The van der Waals surface area contributed by atoms with Gasteiger partial charge in [-0.1, -0.05) is 43.3 Å². The molecule has 0 atom stereocenters. The Morgan fingerprint density at radius 3 is 2.67 bits per heavy atom. The molecule has 21 heavy (non-hydrogen) atoms. The van der Waals surface area contributed by atoms with Gasteiger partial charge in [0.15, 0.2) is 0 Å². The lowest BCUT2D eigenvalue weighted by atomic mass is 10.1. The highest BCUT2D eigenvalue weighted by Gasteiger charge is 2.15. The maximum absolute atomic E-state index is 6.26. The number of aromatic nitrogens is 2. The summed E-state index contributed by atoms with van der Waals surface area (Å²) in [5.41, 5.74) is 3.95. The SMILES string of the molecule is Cc1c(Cl)nc(C(C)C)nc1Sc1ccc2c(c1)CCC2. The summed E-state index contributed by atoms with van der Waals surface area (Å²) >= 11 is 7.95. The first-order valence-corrected chi connectivity index (χ1v) is 8.57. The molecule has 1 aromatic carbocycles. The molecule has 4 heteroatoms. The second-order valence-corrected chi connectivity index (χ2v) is 7.26. The highest BCUT2D eigenvalue weighted by atomic mass is 35.5. The summed E-state index contributed by atoms with van der Waals surface area (Å²) in [5.74, 6) is 1.09. The minimum atomic E-state index is 0.280. The van der Waals surface area contributed by atoms with Gasteiger partial charge in [0.25, 0.3) is 0 Å². The Balaban J connectivity index is 1.94. The first kappa shape index (κ1) is 14.9. The average Bonchev–Trinajstić information content (AvgIpc) is 2.91. The molecule has 3 rings (SSSR count). The number of rotatable bonds is 3. The fourth-order valence-corrected chi connectivity index (χ4v) is 3.75. The topological polar surface area (TPSA) is 25.8 Å². The fraction of sp³-hybridized carbons (Fsp3) is 0.412. The van der Waals surface area contributed by atoms with Gasteiger partial charge in [-0.05, 0) is 49.4 Å². The van der Waals surface area contributed by atoms with E-state index in [0.29, 0.717) is 5.15 Å². The molecule has 110 valence electrons. The molecule has 1 aromatic heterocycles. The second kappa shape index (κ2) is 5.98. The minimum absolute atomic E-state index is 0.280. The second-order valence-electron chi connectivity index (χ2n) is 5.84. The van der Waals surface area contributed by atoms with Crippen LogP contribution in [0.4, 0.5) is 0 Å². The fourth-order valence-electron chi connectivity index (χ4n) is 2.57. The smallest absolute Gasteiger partial charge is 0.136 e. The summed E-state index contributed by atoms with van der Waals surface area (Å²) in [6, 6.07) is 6.75. The van der Waals surface area contributed by atoms with Crippen LogP contribution < -0.4 is 0 Å². The van der Waals surface area contributed by atoms with Crippen LogP contribution in [0, 0.1) is 6.92 Å². The molecule has 0 radical (unpaired) electrons. The lowest BCUT2D eigenvalue weighted by molar-refractivity contribution is 0.747. The first-order chi connectivity index (χ1) is 10.0. The molecule has 2 aromatic rings. The molecule has 0 fully saturated rings. The number of aryl methyl sites for hydroxylation is 2. The molecule has 0 spiro atoms. The zero-order valence-electron chi connectivity index (χ0n) is 12.6. The van der Waals surface area contributed by atoms with Gasteiger partial charge in [-0.25, -0.2) is 9.97 Å². The molecule has 0 saturated carbocycles. The molecule has 2 nitrogen and oxygen atoms in total. The van der Waals surface area contributed by atoms with Crippen molar-refractivity contribution in [1.82, 2.24) is 9.97 Å². The molecular weight excluding hydrogens is 300 g/mol. The van der Waals surface area contributed by atoms with Crippen molar-refractivity contribution in [3.63, 3.8) is 0 Å². The standard InChI is InChI=1S/C17H19ClN2S/c1-10(2)16-19-15(18)11(3)17(20-16)21-14-8-7-12-5-4-6-13(12)9-14/h7-10H,4-6H2,1-3H3. The molecule has 0 amide bonds. The van der Waals surface area contributed by atoms with Crippen LogP contribution in [-0.4, -0.2) is 9.97 Å². The van der Waals surface area contributed by atoms with Crippen molar-refractivity contribution in [3.05, 3.63) is 45.9 Å². The molecule has 1 aliphatic rings.